The minimum absolute atomic E-state index is 0.0834. The molecule has 5 nitrogen and oxygen atoms in total. The van der Waals surface area contributed by atoms with E-state index in [9.17, 15) is 9.18 Å². The second-order valence-electron chi connectivity index (χ2n) is 7.46. The van der Waals surface area contributed by atoms with E-state index in [0.717, 1.165) is 12.0 Å². The molecular weight excluding hydrogens is 431 g/mol. The number of nitrogens with zero attached hydrogens (tertiary/aromatic N) is 1. The minimum atomic E-state index is -0.452. The zero-order chi connectivity index (χ0) is 22.5. The van der Waals surface area contributed by atoms with E-state index in [1.807, 2.05) is 30.3 Å². The first kappa shape index (κ1) is 21.8. The van der Waals surface area contributed by atoms with Crippen molar-refractivity contribution >= 4 is 23.7 Å². The van der Waals surface area contributed by atoms with Crippen molar-refractivity contribution in [2.75, 3.05) is 7.11 Å². The number of hydrazone groups is 1. The number of rotatable bonds is 8. The van der Waals surface area contributed by atoms with Crippen LogP contribution in [0.3, 0.4) is 0 Å². The molecule has 0 radical (unpaired) electrons. The summed E-state index contributed by atoms with van der Waals surface area (Å²) in [5.74, 6) is 0.400. The number of para-hydroxylation sites is 1. The van der Waals surface area contributed by atoms with E-state index in [-0.39, 0.29) is 34.9 Å². The Labute approximate surface area is 190 Å². The van der Waals surface area contributed by atoms with E-state index in [4.69, 9.17) is 21.1 Å². The average Bonchev–Trinajstić information content (AvgIpc) is 3.61. The number of benzene rings is 3. The van der Waals surface area contributed by atoms with Crippen molar-refractivity contribution in [1.82, 2.24) is 5.43 Å². The van der Waals surface area contributed by atoms with E-state index in [2.05, 4.69) is 10.5 Å². The number of hydrogen-bond donors (Lipinski definition) is 1. The largest absolute Gasteiger partial charge is 0.493 e. The second-order valence-corrected chi connectivity index (χ2v) is 7.87. The van der Waals surface area contributed by atoms with Crippen molar-refractivity contribution in [2.45, 2.75) is 18.9 Å². The lowest BCUT2D eigenvalue weighted by atomic mass is 10.1. The van der Waals surface area contributed by atoms with Crippen molar-refractivity contribution in [1.29, 1.82) is 0 Å². The van der Waals surface area contributed by atoms with Gasteiger partial charge in [0.15, 0.2) is 11.5 Å². The molecule has 7 heteroatoms. The van der Waals surface area contributed by atoms with Crippen LogP contribution < -0.4 is 14.9 Å². The Kier molecular flexibility index (Phi) is 6.71. The molecule has 1 aliphatic carbocycles. The van der Waals surface area contributed by atoms with Crippen molar-refractivity contribution in [3.8, 4) is 11.5 Å². The van der Waals surface area contributed by atoms with Crippen LogP contribution in [0.2, 0.25) is 5.02 Å². The normalized spacial score (nSPS) is 17.2. The highest BCUT2D eigenvalue weighted by Crippen LogP contribution is 2.47. The van der Waals surface area contributed by atoms with Gasteiger partial charge in [0.05, 0.1) is 18.3 Å². The maximum Gasteiger partial charge on any atom is 0.243 e. The number of nitrogens with one attached hydrogen (secondary N) is 1. The van der Waals surface area contributed by atoms with Gasteiger partial charge in [-0.15, -0.1) is 0 Å². The van der Waals surface area contributed by atoms with Gasteiger partial charge in [0.2, 0.25) is 5.91 Å². The summed E-state index contributed by atoms with van der Waals surface area (Å²) in [4.78, 5) is 12.4. The quantitative estimate of drug-likeness (QED) is 0.371. The van der Waals surface area contributed by atoms with Crippen LogP contribution in [-0.4, -0.2) is 19.2 Å². The molecule has 164 valence electrons. The first-order chi connectivity index (χ1) is 15.6. The van der Waals surface area contributed by atoms with Gasteiger partial charge in [0, 0.05) is 17.0 Å². The maximum atomic E-state index is 14.1. The molecule has 0 heterocycles. The van der Waals surface area contributed by atoms with Crippen LogP contribution in [0.4, 0.5) is 4.39 Å². The fourth-order valence-corrected chi connectivity index (χ4v) is 3.78. The van der Waals surface area contributed by atoms with Gasteiger partial charge in [-0.1, -0.05) is 54.1 Å². The number of amides is 1. The van der Waals surface area contributed by atoms with E-state index < -0.39 is 5.82 Å². The highest BCUT2D eigenvalue weighted by atomic mass is 35.5. The predicted octanol–water partition coefficient (Wildman–Crippen LogP) is 5.32. The number of hydrogen-bond acceptors (Lipinski definition) is 4. The summed E-state index contributed by atoms with van der Waals surface area (Å²) < 4.78 is 25.3. The molecule has 2 unspecified atom stereocenters. The van der Waals surface area contributed by atoms with Crippen molar-refractivity contribution < 1.29 is 18.7 Å². The van der Waals surface area contributed by atoms with Crippen LogP contribution in [0.15, 0.2) is 71.8 Å². The predicted molar refractivity (Wildman–Crippen MR) is 122 cm³/mol. The van der Waals surface area contributed by atoms with Crippen LogP contribution in [0.25, 0.3) is 0 Å². The molecule has 4 rings (SSSR count). The van der Waals surface area contributed by atoms with Gasteiger partial charge in [-0.2, -0.15) is 5.10 Å². The topological polar surface area (TPSA) is 59.9 Å². The number of carbonyl (C=O) groups excluding carboxylic acids is 1. The molecule has 0 saturated heterocycles. The van der Waals surface area contributed by atoms with Crippen LogP contribution in [0, 0.1) is 11.7 Å². The lowest BCUT2D eigenvalue weighted by Crippen LogP contribution is -2.20. The number of ether oxygens (including phenoxy) is 2. The molecular formula is C25H22ClFN2O3. The minimum Gasteiger partial charge on any atom is -0.493 e. The van der Waals surface area contributed by atoms with Gasteiger partial charge in [-0.05, 0) is 42.2 Å². The summed E-state index contributed by atoms with van der Waals surface area (Å²) in [6, 6.07) is 19.7. The van der Waals surface area contributed by atoms with Crippen molar-refractivity contribution in [3.05, 3.63) is 94.3 Å². The zero-order valence-corrected chi connectivity index (χ0v) is 18.2. The summed E-state index contributed by atoms with van der Waals surface area (Å²) in [6.45, 7) is -0.0834. The van der Waals surface area contributed by atoms with E-state index in [0.29, 0.717) is 17.1 Å². The summed E-state index contributed by atoms with van der Waals surface area (Å²) in [5, 5.41) is 4.37. The summed E-state index contributed by atoms with van der Waals surface area (Å²) in [7, 11) is 1.51. The summed E-state index contributed by atoms with van der Waals surface area (Å²) >= 11 is 6.09. The van der Waals surface area contributed by atoms with Crippen LogP contribution in [0.5, 0.6) is 11.5 Å². The van der Waals surface area contributed by atoms with Gasteiger partial charge >= 0.3 is 0 Å². The van der Waals surface area contributed by atoms with Gasteiger partial charge in [0.1, 0.15) is 12.4 Å². The maximum absolute atomic E-state index is 14.1. The Balaban J connectivity index is 1.43. The number of carbonyl (C=O) groups is 1. The smallest absolute Gasteiger partial charge is 0.243 e. The van der Waals surface area contributed by atoms with Crippen LogP contribution in [-0.2, 0) is 11.4 Å². The van der Waals surface area contributed by atoms with E-state index in [1.54, 1.807) is 24.3 Å². The zero-order valence-electron chi connectivity index (χ0n) is 17.4. The highest BCUT2D eigenvalue weighted by molar-refractivity contribution is 6.31. The first-order valence-corrected chi connectivity index (χ1v) is 10.6. The SMILES string of the molecule is COc1cccc(C=NNC(=O)C2CC2c2ccccc2)c1OCc1c(F)cccc1Cl. The molecule has 0 aromatic heterocycles. The Morgan fingerprint density at radius 2 is 1.94 bits per heavy atom. The standard InChI is InChI=1S/C25H22ClFN2O3/c1-31-23-12-5-9-17(24(23)32-15-20-21(26)10-6-11-22(20)27)14-28-29-25(30)19-13-18(19)16-7-3-2-4-8-16/h2-12,14,18-19H,13,15H2,1H3,(H,29,30). The summed E-state index contributed by atoms with van der Waals surface area (Å²) in [6.07, 6.45) is 2.29. The molecule has 1 aliphatic rings. The molecule has 2 atom stereocenters. The molecule has 3 aromatic rings. The third kappa shape index (κ3) is 4.92. The lowest BCUT2D eigenvalue weighted by Gasteiger charge is -2.14. The van der Waals surface area contributed by atoms with E-state index in [1.165, 1.54) is 25.5 Å². The van der Waals surface area contributed by atoms with Gasteiger partial charge in [-0.3, -0.25) is 4.79 Å². The second kappa shape index (κ2) is 9.83. The molecule has 3 aromatic carbocycles. The molecule has 0 spiro atoms. The molecule has 0 aliphatic heterocycles. The van der Waals surface area contributed by atoms with Gasteiger partial charge in [0.25, 0.3) is 0 Å². The summed E-state index contributed by atoms with van der Waals surface area (Å²) in [5.41, 5.74) is 4.59. The molecule has 1 fully saturated rings. The third-order valence-electron chi connectivity index (χ3n) is 5.39. The number of methoxy groups -OCH3 is 1. The fraction of sp³-hybridized carbons (Fsp3) is 0.200. The molecule has 32 heavy (non-hydrogen) atoms. The third-order valence-corrected chi connectivity index (χ3v) is 5.74. The molecule has 1 amide bonds. The Morgan fingerprint density at radius 1 is 1.16 bits per heavy atom. The molecule has 0 bridgehead atoms. The fourth-order valence-electron chi connectivity index (χ4n) is 3.57. The monoisotopic (exact) mass is 452 g/mol. The lowest BCUT2D eigenvalue weighted by molar-refractivity contribution is -0.122. The average molecular weight is 453 g/mol. The van der Waals surface area contributed by atoms with Crippen molar-refractivity contribution in [2.24, 2.45) is 11.0 Å². The number of halogens is 2. The molecule has 1 saturated carbocycles. The van der Waals surface area contributed by atoms with Gasteiger partial charge < -0.3 is 9.47 Å². The van der Waals surface area contributed by atoms with Crippen LogP contribution >= 0.6 is 11.6 Å². The van der Waals surface area contributed by atoms with Crippen LogP contribution in [0.1, 0.15) is 29.0 Å². The first-order valence-electron chi connectivity index (χ1n) is 10.2. The highest BCUT2D eigenvalue weighted by Gasteiger charge is 2.43. The Bertz CT molecular complexity index is 1120. The van der Waals surface area contributed by atoms with Crippen molar-refractivity contribution in [3.63, 3.8) is 0 Å². The Hall–Kier alpha value is -3.38. The van der Waals surface area contributed by atoms with Gasteiger partial charge in [-0.25, -0.2) is 9.82 Å². The molecule has 1 N–H and O–H groups in total. The Morgan fingerprint density at radius 3 is 2.69 bits per heavy atom. The van der Waals surface area contributed by atoms with E-state index >= 15 is 0 Å².